The average Bonchev–Trinajstić information content (AvgIpc) is 2.45. The van der Waals surface area contributed by atoms with Gasteiger partial charge in [0.1, 0.15) is 11.7 Å². The summed E-state index contributed by atoms with van der Waals surface area (Å²) in [6, 6.07) is 5.62. The molecule has 0 bridgehead atoms. The predicted molar refractivity (Wildman–Crippen MR) is 81.0 cm³/mol. The van der Waals surface area contributed by atoms with Crippen LogP contribution in [0.15, 0.2) is 18.2 Å². The summed E-state index contributed by atoms with van der Waals surface area (Å²) in [6.07, 6.45) is 1.66. The van der Waals surface area contributed by atoms with Gasteiger partial charge in [-0.15, -0.1) is 0 Å². The highest BCUT2D eigenvalue weighted by Crippen LogP contribution is 2.36. The highest BCUT2D eigenvalue weighted by atomic mass is 16.6. The van der Waals surface area contributed by atoms with E-state index in [1.807, 2.05) is 13.8 Å². The summed E-state index contributed by atoms with van der Waals surface area (Å²) in [5.41, 5.74) is 5.14. The van der Waals surface area contributed by atoms with E-state index in [-0.39, 0.29) is 28.3 Å². The Morgan fingerprint density at radius 1 is 1.55 bits per heavy atom. The van der Waals surface area contributed by atoms with E-state index < -0.39 is 11.0 Å². The van der Waals surface area contributed by atoms with Crippen LogP contribution in [0.1, 0.15) is 37.0 Å². The number of nitrogens with zero attached hydrogens (tertiary/aromatic N) is 3. The third-order valence-corrected chi connectivity index (χ3v) is 4.13. The number of anilines is 1. The summed E-state index contributed by atoms with van der Waals surface area (Å²) in [7, 11) is 0. The van der Waals surface area contributed by atoms with E-state index >= 15 is 0 Å². The van der Waals surface area contributed by atoms with Crippen molar-refractivity contribution >= 4 is 17.3 Å². The van der Waals surface area contributed by atoms with Crippen LogP contribution in [-0.4, -0.2) is 28.3 Å². The van der Waals surface area contributed by atoms with Gasteiger partial charge in [0.25, 0.3) is 11.6 Å². The van der Waals surface area contributed by atoms with Crippen molar-refractivity contribution in [1.82, 2.24) is 4.90 Å². The first-order valence-electron chi connectivity index (χ1n) is 7.02. The van der Waals surface area contributed by atoms with Crippen LogP contribution < -0.4 is 5.73 Å². The van der Waals surface area contributed by atoms with Gasteiger partial charge in [-0.05, 0) is 30.4 Å². The van der Waals surface area contributed by atoms with Crippen LogP contribution in [0, 0.1) is 26.9 Å². The molecule has 116 valence electrons. The molecule has 2 N–H and O–H groups in total. The molecule has 7 heteroatoms. The number of hydrogen-bond donors (Lipinski definition) is 1. The lowest BCUT2D eigenvalue weighted by atomic mass is 9.77. The summed E-state index contributed by atoms with van der Waals surface area (Å²) in [5.74, 6) is -0.373. The number of likely N-dealkylation sites (tertiary alicyclic amines) is 1. The first-order valence-corrected chi connectivity index (χ1v) is 7.02. The maximum Gasteiger partial charge on any atom is 0.292 e. The van der Waals surface area contributed by atoms with Crippen molar-refractivity contribution in [2.45, 2.75) is 32.7 Å². The Hall–Kier alpha value is -2.62. The van der Waals surface area contributed by atoms with Crippen molar-refractivity contribution in [2.75, 3.05) is 12.3 Å². The van der Waals surface area contributed by atoms with E-state index in [1.165, 1.54) is 23.1 Å². The fourth-order valence-electron chi connectivity index (χ4n) is 2.86. The SMILES string of the molecule is CC1(C)CCCN(C(=O)c2ccc(N)c([N+](=O)[O-])c2)[C@@H]1C#N. The largest absolute Gasteiger partial charge is 0.393 e. The van der Waals surface area contributed by atoms with Crippen LogP contribution in [0.5, 0.6) is 0 Å². The Labute approximate surface area is 128 Å². The number of piperidine rings is 1. The molecule has 0 unspecified atom stereocenters. The summed E-state index contributed by atoms with van der Waals surface area (Å²) < 4.78 is 0. The third kappa shape index (κ3) is 2.72. The number of amides is 1. The van der Waals surface area contributed by atoms with E-state index in [0.29, 0.717) is 6.54 Å². The molecule has 1 aromatic carbocycles. The lowest BCUT2D eigenvalue weighted by Crippen LogP contribution is -2.51. The molecule has 1 saturated heterocycles. The van der Waals surface area contributed by atoms with Crippen molar-refractivity contribution in [2.24, 2.45) is 5.41 Å². The number of nitrogens with two attached hydrogens (primary N) is 1. The Kier molecular flexibility index (Phi) is 4.04. The number of rotatable bonds is 2. The van der Waals surface area contributed by atoms with Gasteiger partial charge < -0.3 is 10.6 Å². The van der Waals surface area contributed by atoms with Crippen LogP contribution in [0.4, 0.5) is 11.4 Å². The van der Waals surface area contributed by atoms with Crippen LogP contribution in [0.25, 0.3) is 0 Å². The molecule has 0 saturated carbocycles. The zero-order valence-corrected chi connectivity index (χ0v) is 12.6. The number of nitrogen functional groups attached to an aromatic ring is 1. The second kappa shape index (κ2) is 5.64. The fourth-order valence-corrected chi connectivity index (χ4v) is 2.86. The summed E-state index contributed by atoms with van der Waals surface area (Å²) in [4.78, 5) is 24.5. The van der Waals surface area contributed by atoms with E-state index in [9.17, 15) is 20.2 Å². The maximum absolute atomic E-state index is 12.7. The highest BCUT2D eigenvalue weighted by Gasteiger charge is 2.40. The number of benzene rings is 1. The molecule has 0 spiro atoms. The highest BCUT2D eigenvalue weighted by molar-refractivity contribution is 5.96. The zero-order valence-electron chi connectivity index (χ0n) is 12.6. The van der Waals surface area contributed by atoms with E-state index in [2.05, 4.69) is 6.07 Å². The number of nitro benzene ring substituents is 1. The van der Waals surface area contributed by atoms with Gasteiger partial charge in [0, 0.05) is 18.2 Å². The van der Waals surface area contributed by atoms with Gasteiger partial charge in [-0.2, -0.15) is 5.26 Å². The quantitative estimate of drug-likeness (QED) is 0.511. The first kappa shape index (κ1) is 15.8. The van der Waals surface area contributed by atoms with Crippen LogP contribution >= 0.6 is 0 Å². The molecule has 1 aliphatic heterocycles. The summed E-state index contributed by atoms with van der Waals surface area (Å²) in [5, 5.41) is 20.4. The Bertz CT molecular complexity index is 663. The maximum atomic E-state index is 12.7. The lowest BCUT2D eigenvalue weighted by molar-refractivity contribution is -0.383. The molecular weight excluding hydrogens is 284 g/mol. The molecular formula is C15H18N4O3. The van der Waals surface area contributed by atoms with Gasteiger partial charge in [-0.25, -0.2) is 0 Å². The Morgan fingerprint density at radius 3 is 2.82 bits per heavy atom. The van der Waals surface area contributed by atoms with Crippen molar-refractivity contribution in [1.29, 1.82) is 5.26 Å². The molecule has 0 aromatic heterocycles. The molecule has 1 heterocycles. The van der Waals surface area contributed by atoms with Crippen LogP contribution in [0.3, 0.4) is 0 Å². The molecule has 1 fully saturated rings. The molecule has 7 nitrogen and oxygen atoms in total. The molecule has 1 amide bonds. The molecule has 1 aromatic rings. The number of carbonyl (C=O) groups excluding carboxylic acids is 1. The van der Waals surface area contributed by atoms with E-state index in [1.54, 1.807) is 0 Å². The molecule has 1 atom stereocenters. The van der Waals surface area contributed by atoms with Crippen LogP contribution in [-0.2, 0) is 0 Å². The Balaban J connectivity index is 2.37. The molecule has 2 rings (SSSR count). The second-order valence-corrected chi connectivity index (χ2v) is 6.15. The van der Waals surface area contributed by atoms with E-state index in [0.717, 1.165) is 12.8 Å². The van der Waals surface area contributed by atoms with Gasteiger partial charge in [-0.3, -0.25) is 14.9 Å². The van der Waals surface area contributed by atoms with Crippen molar-refractivity contribution < 1.29 is 9.72 Å². The number of hydrogen-bond acceptors (Lipinski definition) is 5. The minimum absolute atomic E-state index is 0.0114. The summed E-state index contributed by atoms with van der Waals surface area (Å²) >= 11 is 0. The standard InChI is InChI=1S/C15H18N4O3/c1-15(2)6-3-7-18(13(15)9-16)14(20)10-4-5-11(17)12(8-10)19(21)22/h4-5,8,13H,3,6-7,17H2,1-2H3/t13-/m1/s1. The van der Waals surface area contributed by atoms with E-state index in [4.69, 9.17) is 5.73 Å². The second-order valence-electron chi connectivity index (χ2n) is 6.15. The minimum Gasteiger partial charge on any atom is -0.393 e. The Morgan fingerprint density at radius 2 is 2.23 bits per heavy atom. The van der Waals surface area contributed by atoms with Gasteiger partial charge in [0.15, 0.2) is 0 Å². The summed E-state index contributed by atoms with van der Waals surface area (Å²) in [6.45, 7) is 4.37. The minimum atomic E-state index is -0.617. The number of nitro groups is 1. The third-order valence-electron chi connectivity index (χ3n) is 4.13. The van der Waals surface area contributed by atoms with Crippen LogP contribution in [0.2, 0.25) is 0 Å². The van der Waals surface area contributed by atoms with Crippen molar-refractivity contribution in [3.8, 4) is 6.07 Å². The fraction of sp³-hybridized carbons (Fsp3) is 0.467. The predicted octanol–water partition coefficient (Wildman–Crippen LogP) is 2.33. The van der Waals surface area contributed by atoms with Gasteiger partial charge >= 0.3 is 0 Å². The average molecular weight is 302 g/mol. The number of nitriles is 1. The normalized spacial score (nSPS) is 20.2. The van der Waals surface area contributed by atoms with Gasteiger partial charge in [0.2, 0.25) is 0 Å². The lowest BCUT2D eigenvalue weighted by Gasteiger charge is -2.42. The smallest absolute Gasteiger partial charge is 0.292 e. The number of carbonyl (C=O) groups is 1. The molecule has 1 aliphatic rings. The van der Waals surface area contributed by atoms with Gasteiger partial charge in [0.05, 0.1) is 11.0 Å². The molecule has 22 heavy (non-hydrogen) atoms. The zero-order chi connectivity index (χ0) is 16.5. The monoisotopic (exact) mass is 302 g/mol. The van der Waals surface area contributed by atoms with Crippen molar-refractivity contribution in [3.05, 3.63) is 33.9 Å². The first-order chi connectivity index (χ1) is 10.3. The molecule has 0 radical (unpaired) electrons. The topological polar surface area (TPSA) is 113 Å². The molecule has 0 aliphatic carbocycles. The van der Waals surface area contributed by atoms with Gasteiger partial charge in [-0.1, -0.05) is 13.8 Å². The van der Waals surface area contributed by atoms with Crippen molar-refractivity contribution in [3.63, 3.8) is 0 Å².